The molecule has 1 aromatic rings. The van der Waals surface area contributed by atoms with E-state index in [0.717, 1.165) is 0 Å². The van der Waals surface area contributed by atoms with Gasteiger partial charge in [-0.2, -0.15) is 4.72 Å². The fourth-order valence-corrected chi connectivity index (χ4v) is 2.62. The van der Waals surface area contributed by atoms with Crippen molar-refractivity contribution in [2.75, 3.05) is 0 Å². The highest BCUT2D eigenvalue weighted by molar-refractivity contribution is 7.89. The molecule has 104 valence electrons. The van der Waals surface area contributed by atoms with Gasteiger partial charge in [-0.1, -0.05) is 18.2 Å². The molecule has 1 aromatic carbocycles. The molecule has 8 heteroatoms. The molecule has 0 spiro atoms. The maximum atomic E-state index is 11.9. The topological polar surface area (TPSA) is 127 Å². The molecule has 0 aliphatic carbocycles. The first-order valence-corrected chi connectivity index (χ1v) is 6.90. The lowest BCUT2D eigenvalue weighted by Gasteiger charge is -2.13. The number of nitrogens with two attached hydrogens (primary N) is 1. The Kier molecular flexibility index (Phi) is 5.02. The Labute approximate surface area is 110 Å². The van der Waals surface area contributed by atoms with Crippen LogP contribution in [0.4, 0.5) is 0 Å². The van der Waals surface area contributed by atoms with Crippen LogP contribution < -0.4 is 10.5 Å². The molecule has 0 unspecified atom stereocenters. The van der Waals surface area contributed by atoms with Gasteiger partial charge in [0, 0.05) is 6.42 Å². The zero-order valence-corrected chi connectivity index (χ0v) is 10.8. The number of carbonyl (C=O) groups excluding carboxylic acids is 1. The van der Waals surface area contributed by atoms with E-state index in [1.54, 1.807) is 6.07 Å². The van der Waals surface area contributed by atoms with Crippen LogP contribution in [0, 0.1) is 0 Å². The normalized spacial score (nSPS) is 12.8. The van der Waals surface area contributed by atoms with Gasteiger partial charge in [0.2, 0.25) is 15.9 Å². The molecule has 0 radical (unpaired) electrons. The Morgan fingerprint density at radius 3 is 2.32 bits per heavy atom. The van der Waals surface area contributed by atoms with Crippen molar-refractivity contribution in [2.24, 2.45) is 5.73 Å². The number of benzene rings is 1. The average Bonchev–Trinajstić information content (AvgIpc) is 2.35. The van der Waals surface area contributed by atoms with Crippen molar-refractivity contribution in [3.8, 4) is 0 Å². The molecule has 0 bridgehead atoms. The van der Waals surface area contributed by atoms with Crippen LogP contribution in [0.2, 0.25) is 0 Å². The van der Waals surface area contributed by atoms with E-state index in [0.29, 0.717) is 0 Å². The highest BCUT2D eigenvalue weighted by Gasteiger charge is 2.25. The number of hydrogen-bond donors (Lipinski definition) is 3. The number of carboxylic acid groups (broad SMARTS) is 1. The summed E-state index contributed by atoms with van der Waals surface area (Å²) in [5, 5.41) is 8.92. The van der Waals surface area contributed by atoms with Crippen molar-refractivity contribution in [3.05, 3.63) is 30.3 Å². The predicted octanol–water partition coefficient (Wildman–Crippen LogP) is -0.316. The second-order valence-corrected chi connectivity index (χ2v) is 5.54. The summed E-state index contributed by atoms with van der Waals surface area (Å²) in [6.45, 7) is 0. The van der Waals surface area contributed by atoms with Crippen molar-refractivity contribution in [2.45, 2.75) is 23.8 Å². The molecule has 7 nitrogen and oxygen atoms in total. The van der Waals surface area contributed by atoms with Crippen LogP contribution >= 0.6 is 0 Å². The molecule has 1 amide bonds. The number of rotatable bonds is 7. The molecule has 0 heterocycles. The number of hydrogen-bond acceptors (Lipinski definition) is 4. The van der Waals surface area contributed by atoms with Crippen LogP contribution in [-0.4, -0.2) is 31.4 Å². The fourth-order valence-electron chi connectivity index (χ4n) is 1.37. The summed E-state index contributed by atoms with van der Waals surface area (Å²) in [7, 11) is -3.94. The van der Waals surface area contributed by atoms with Crippen molar-refractivity contribution < 1.29 is 23.1 Å². The van der Waals surface area contributed by atoms with Crippen LogP contribution in [0.25, 0.3) is 0 Å². The molecule has 19 heavy (non-hydrogen) atoms. The molecule has 0 saturated carbocycles. The molecule has 1 rings (SSSR count). The van der Waals surface area contributed by atoms with Crippen LogP contribution in [-0.2, 0) is 19.6 Å². The minimum Gasteiger partial charge on any atom is -0.480 e. The highest BCUT2D eigenvalue weighted by Crippen LogP contribution is 2.09. The standard InChI is InChI=1S/C11H14N2O5S/c12-10(14)7-6-9(11(15)16)13-19(17,18)8-4-2-1-3-5-8/h1-5,9,13H,6-7H2,(H2,12,14)(H,15,16)/t9-/m1/s1. The Morgan fingerprint density at radius 2 is 1.84 bits per heavy atom. The van der Waals surface area contributed by atoms with Crippen molar-refractivity contribution in [1.29, 1.82) is 0 Å². The minimum atomic E-state index is -3.94. The second-order valence-electron chi connectivity index (χ2n) is 3.83. The Morgan fingerprint density at radius 1 is 1.26 bits per heavy atom. The van der Waals surface area contributed by atoms with E-state index in [9.17, 15) is 18.0 Å². The van der Waals surface area contributed by atoms with E-state index in [2.05, 4.69) is 0 Å². The monoisotopic (exact) mass is 286 g/mol. The van der Waals surface area contributed by atoms with E-state index in [1.807, 2.05) is 4.72 Å². The van der Waals surface area contributed by atoms with E-state index < -0.39 is 27.9 Å². The molecule has 0 aromatic heterocycles. The quantitative estimate of drug-likeness (QED) is 0.633. The van der Waals surface area contributed by atoms with Crippen LogP contribution in [0.5, 0.6) is 0 Å². The Bertz CT molecular complexity index is 556. The largest absolute Gasteiger partial charge is 0.480 e. The summed E-state index contributed by atoms with van der Waals surface area (Å²) >= 11 is 0. The summed E-state index contributed by atoms with van der Waals surface area (Å²) in [5.41, 5.74) is 4.91. The van der Waals surface area contributed by atoms with Crippen molar-refractivity contribution in [1.82, 2.24) is 4.72 Å². The smallest absolute Gasteiger partial charge is 0.321 e. The fraction of sp³-hybridized carbons (Fsp3) is 0.273. The Balaban J connectivity index is 2.84. The lowest BCUT2D eigenvalue weighted by atomic mass is 10.2. The van der Waals surface area contributed by atoms with E-state index in [4.69, 9.17) is 10.8 Å². The van der Waals surface area contributed by atoms with Crippen LogP contribution in [0.3, 0.4) is 0 Å². The molecule has 4 N–H and O–H groups in total. The van der Waals surface area contributed by atoms with Gasteiger partial charge in [0.25, 0.3) is 0 Å². The molecule has 0 saturated heterocycles. The minimum absolute atomic E-state index is 0.0414. The number of primary amides is 1. The maximum absolute atomic E-state index is 11.9. The van der Waals surface area contributed by atoms with E-state index in [-0.39, 0.29) is 17.7 Å². The summed E-state index contributed by atoms with van der Waals surface area (Å²) in [5.74, 6) is -2.05. The van der Waals surface area contributed by atoms with Gasteiger partial charge in [-0.05, 0) is 18.6 Å². The van der Waals surface area contributed by atoms with Crippen LogP contribution in [0.15, 0.2) is 35.2 Å². The summed E-state index contributed by atoms with van der Waals surface area (Å²) < 4.78 is 25.8. The Hall–Kier alpha value is -1.93. The number of nitrogens with one attached hydrogen (secondary N) is 1. The van der Waals surface area contributed by atoms with Gasteiger partial charge >= 0.3 is 5.97 Å². The first kappa shape index (κ1) is 15.1. The molecular formula is C11H14N2O5S. The van der Waals surface area contributed by atoms with Gasteiger partial charge in [-0.25, -0.2) is 8.42 Å². The molecule has 0 aliphatic heterocycles. The molecule has 0 aliphatic rings. The second kappa shape index (κ2) is 6.30. The highest BCUT2D eigenvalue weighted by atomic mass is 32.2. The number of carbonyl (C=O) groups is 2. The van der Waals surface area contributed by atoms with E-state index in [1.165, 1.54) is 24.3 Å². The van der Waals surface area contributed by atoms with Gasteiger partial charge < -0.3 is 10.8 Å². The van der Waals surface area contributed by atoms with Crippen molar-refractivity contribution >= 4 is 21.9 Å². The number of amides is 1. The summed E-state index contributed by atoms with van der Waals surface area (Å²) in [6, 6.07) is 5.98. The van der Waals surface area contributed by atoms with Gasteiger partial charge in [0.05, 0.1) is 4.90 Å². The number of sulfonamides is 1. The summed E-state index contributed by atoms with van der Waals surface area (Å²) in [6.07, 6.45) is -0.412. The van der Waals surface area contributed by atoms with Crippen LogP contribution in [0.1, 0.15) is 12.8 Å². The van der Waals surface area contributed by atoms with Gasteiger partial charge in [0.1, 0.15) is 6.04 Å². The van der Waals surface area contributed by atoms with Crippen molar-refractivity contribution in [3.63, 3.8) is 0 Å². The van der Waals surface area contributed by atoms with Gasteiger partial charge in [-0.3, -0.25) is 9.59 Å². The van der Waals surface area contributed by atoms with Gasteiger partial charge in [-0.15, -0.1) is 0 Å². The molecule has 0 fully saturated rings. The first-order chi connectivity index (χ1) is 8.83. The zero-order valence-electron chi connectivity index (χ0n) is 9.94. The first-order valence-electron chi connectivity index (χ1n) is 5.41. The lowest BCUT2D eigenvalue weighted by Crippen LogP contribution is -2.41. The third-order valence-corrected chi connectivity index (χ3v) is 3.82. The third kappa shape index (κ3) is 4.68. The predicted molar refractivity (Wildman–Crippen MR) is 66.6 cm³/mol. The lowest BCUT2D eigenvalue weighted by molar-refractivity contribution is -0.139. The average molecular weight is 286 g/mol. The third-order valence-electron chi connectivity index (χ3n) is 2.33. The zero-order chi connectivity index (χ0) is 14.5. The summed E-state index contributed by atoms with van der Waals surface area (Å²) in [4.78, 5) is 21.5. The number of carboxylic acids is 1. The number of aliphatic carboxylic acids is 1. The maximum Gasteiger partial charge on any atom is 0.321 e. The molecular weight excluding hydrogens is 272 g/mol. The molecule has 1 atom stereocenters. The van der Waals surface area contributed by atoms with Gasteiger partial charge in [0.15, 0.2) is 0 Å². The SMILES string of the molecule is NC(=O)CC[C@@H](NS(=O)(=O)c1ccccc1)C(=O)O. The van der Waals surface area contributed by atoms with E-state index >= 15 is 0 Å².